The first kappa shape index (κ1) is 11.2. The monoisotopic (exact) mass is 196 g/mol. The fraction of sp³-hybridized carbons (Fsp3) is 0.455. The predicted molar refractivity (Wildman–Crippen MR) is 54.0 cm³/mol. The molecule has 3 nitrogen and oxygen atoms in total. The molecule has 0 radical (unpaired) electrons. The molecule has 0 saturated heterocycles. The van der Waals surface area contributed by atoms with Crippen LogP contribution in [-0.4, -0.2) is 34.1 Å². The second kappa shape index (κ2) is 5.10. The molecule has 0 heterocycles. The van der Waals surface area contributed by atoms with Gasteiger partial charge in [0, 0.05) is 5.92 Å². The van der Waals surface area contributed by atoms with E-state index in [1.165, 1.54) is 0 Å². The zero-order chi connectivity index (χ0) is 10.6. The number of rotatable bonds is 4. The van der Waals surface area contributed by atoms with E-state index in [0.717, 1.165) is 5.56 Å². The summed E-state index contributed by atoms with van der Waals surface area (Å²) in [7, 11) is 0. The summed E-state index contributed by atoms with van der Waals surface area (Å²) in [5.41, 5.74) is 0.951. The number of hydrogen-bond donors (Lipinski definition) is 3. The second-order valence-corrected chi connectivity index (χ2v) is 3.44. The zero-order valence-electron chi connectivity index (χ0n) is 8.17. The minimum Gasteiger partial charge on any atom is -0.394 e. The van der Waals surface area contributed by atoms with E-state index in [9.17, 15) is 10.2 Å². The molecule has 1 aromatic carbocycles. The molecule has 78 valence electrons. The number of aliphatic hydroxyl groups is 3. The molecular weight excluding hydrogens is 180 g/mol. The molecule has 3 N–H and O–H groups in total. The maximum absolute atomic E-state index is 9.63. The summed E-state index contributed by atoms with van der Waals surface area (Å²) in [5, 5.41) is 27.6. The first-order valence-electron chi connectivity index (χ1n) is 4.68. The van der Waals surface area contributed by atoms with Crippen LogP contribution in [-0.2, 0) is 0 Å². The van der Waals surface area contributed by atoms with Crippen molar-refractivity contribution in [1.29, 1.82) is 0 Å². The van der Waals surface area contributed by atoms with Gasteiger partial charge in [-0.2, -0.15) is 0 Å². The SMILES string of the molecule is CC(c1ccccc1)C(O)C(O)CO. The van der Waals surface area contributed by atoms with Crippen LogP contribution in [0.15, 0.2) is 30.3 Å². The summed E-state index contributed by atoms with van der Waals surface area (Å²) in [5.74, 6) is -0.182. The molecule has 0 fully saturated rings. The Hall–Kier alpha value is -0.900. The summed E-state index contributed by atoms with van der Waals surface area (Å²) in [4.78, 5) is 0. The van der Waals surface area contributed by atoms with Crippen LogP contribution in [0.1, 0.15) is 18.4 Å². The molecule has 0 aliphatic heterocycles. The van der Waals surface area contributed by atoms with Crippen LogP contribution < -0.4 is 0 Å². The van der Waals surface area contributed by atoms with Crippen LogP contribution in [0.2, 0.25) is 0 Å². The van der Waals surface area contributed by atoms with Gasteiger partial charge in [0.15, 0.2) is 0 Å². The van der Waals surface area contributed by atoms with Gasteiger partial charge in [-0.05, 0) is 5.56 Å². The summed E-state index contributed by atoms with van der Waals surface area (Å²) in [6, 6.07) is 9.43. The molecule has 3 heteroatoms. The maximum atomic E-state index is 9.63. The van der Waals surface area contributed by atoms with E-state index in [1.807, 2.05) is 37.3 Å². The van der Waals surface area contributed by atoms with Gasteiger partial charge in [0.1, 0.15) is 6.10 Å². The van der Waals surface area contributed by atoms with Crippen molar-refractivity contribution in [1.82, 2.24) is 0 Å². The van der Waals surface area contributed by atoms with E-state index >= 15 is 0 Å². The molecule has 0 aliphatic rings. The van der Waals surface area contributed by atoms with E-state index in [0.29, 0.717) is 0 Å². The second-order valence-electron chi connectivity index (χ2n) is 3.44. The molecule has 0 spiro atoms. The molecule has 0 aliphatic carbocycles. The maximum Gasteiger partial charge on any atom is 0.103 e. The normalized spacial score (nSPS) is 17.4. The third-order valence-corrected chi connectivity index (χ3v) is 2.42. The lowest BCUT2D eigenvalue weighted by molar-refractivity contribution is -0.0244. The van der Waals surface area contributed by atoms with Crippen molar-refractivity contribution < 1.29 is 15.3 Å². The first-order valence-corrected chi connectivity index (χ1v) is 4.68. The lowest BCUT2D eigenvalue weighted by atomic mass is 9.92. The Bertz CT molecular complexity index is 260. The third-order valence-electron chi connectivity index (χ3n) is 2.42. The number of hydrogen-bond acceptors (Lipinski definition) is 3. The molecule has 3 unspecified atom stereocenters. The highest BCUT2D eigenvalue weighted by Gasteiger charge is 2.23. The Labute approximate surface area is 83.6 Å². The minimum atomic E-state index is -1.08. The molecule has 0 amide bonds. The van der Waals surface area contributed by atoms with Crippen molar-refractivity contribution in [2.24, 2.45) is 0 Å². The Kier molecular flexibility index (Phi) is 4.07. The van der Waals surface area contributed by atoms with Gasteiger partial charge in [-0.25, -0.2) is 0 Å². The van der Waals surface area contributed by atoms with Gasteiger partial charge in [0.25, 0.3) is 0 Å². The van der Waals surface area contributed by atoms with Gasteiger partial charge in [0.2, 0.25) is 0 Å². The van der Waals surface area contributed by atoms with Crippen LogP contribution in [0, 0.1) is 0 Å². The van der Waals surface area contributed by atoms with Gasteiger partial charge in [-0.1, -0.05) is 37.3 Å². The van der Waals surface area contributed by atoms with Gasteiger partial charge < -0.3 is 15.3 Å². The van der Waals surface area contributed by atoms with Crippen LogP contribution >= 0.6 is 0 Å². The Balaban J connectivity index is 2.70. The van der Waals surface area contributed by atoms with Gasteiger partial charge in [0.05, 0.1) is 12.7 Å². The fourth-order valence-electron chi connectivity index (χ4n) is 1.39. The number of aliphatic hydroxyl groups excluding tert-OH is 3. The minimum absolute atomic E-state index is 0.182. The lowest BCUT2D eigenvalue weighted by Crippen LogP contribution is -2.33. The highest BCUT2D eigenvalue weighted by molar-refractivity contribution is 5.20. The van der Waals surface area contributed by atoms with Crippen molar-refractivity contribution in [2.45, 2.75) is 25.0 Å². The highest BCUT2D eigenvalue weighted by Crippen LogP contribution is 2.20. The van der Waals surface area contributed by atoms with Crippen molar-refractivity contribution in [2.75, 3.05) is 6.61 Å². The lowest BCUT2D eigenvalue weighted by Gasteiger charge is -2.22. The molecule has 0 aromatic heterocycles. The van der Waals surface area contributed by atoms with Crippen LogP contribution in [0.4, 0.5) is 0 Å². The zero-order valence-corrected chi connectivity index (χ0v) is 8.17. The Morgan fingerprint density at radius 1 is 1.14 bits per heavy atom. The van der Waals surface area contributed by atoms with Crippen LogP contribution in [0.25, 0.3) is 0 Å². The standard InChI is InChI=1S/C11H16O3/c1-8(11(14)10(13)7-12)9-5-3-2-4-6-9/h2-6,8,10-14H,7H2,1H3. The number of benzene rings is 1. The third kappa shape index (κ3) is 2.54. The summed E-state index contributed by atoms with van der Waals surface area (Å²) in [6.07, 6.45) is -2.01. The molecule has 1 rings (SSSR count). The smallest absolute Gasteiger partial charge is 0.103 e. The molecule has 0 bridgehead atoms. The quantitative estimate of drug-likeness (QED) is 0.657. The molecule has 1 aromatic rings. The average Bonchev–Trinajstić information content (AvgIpc) is 2.27. The molecule has 3 atom stereocenters. The average molecular weight is 196 g/mol. The van der Waals surface area contributed by atoms with Gasteiger partial charge >= 0.3 is 0 Å². The molecule has 14 heavy (non-hydrogen) atoms. The largest absolute Gasteiger partial charge is 0.394 e. The van der Waals surface area contributed by atoms with Crippen LogP contribution in [0.3, 0.4) is 0 Å². The Morgan fingerprint density at radius 2 is 1.71 bits per heavy atom. The van der Waals surface area contributed by atoms with Crippen molar-refractivity contribution >= 4 is 0 Å². The Morgan fingerprint density at radius 3 is 2.21 bits per heavy atom. The predicted octanol–water partition coefficient (Wildman–Crippen LogP) is 0.504. The fourth-order valence-corrected chi connectivity index (χ4v) is 1.39. The summed E-state index contributed by atoms with van der Waals surface area (Å²) >= 11 is 0. The van der Waals surface area contributed by atoms with Gasteiger partial charge in [-0.3, -0.25) is 0 Å². The molecule has 0 saturated carbocycles. The summed E-state index contributed by atoms with van der Waals surface area (Å²) < 4.78 is 0. The molecular formula is C11H16O3. The van der Waals surface area contributed by atoms with E-state index in [2.05, 4.69) is 0 Å². The van der Waals surface area contributed by atoms with E-state index in [-0.39, 0.29) is 5.92 Å². The van der Waals surface area contributed by atoms with E-state index < -0.39 is 18.8 Å². The van der Waals surface area contributed by atoms with Crippen molar-refractivity contribution in [3.63, 3.8) is 0 Å². The highest BCUT2D eigenvalue weighted by atomic mass is 16.4. The summed E-state index contributed by atoms with van der Waals surface area (Å²) in [6.45, 7) is 1.40. The van der Waals surface area contributed by atoms with Crippen molar-refractivity contribution in [3.05, 3.63) is 35.9 Å². The first-order chi connectivity index (χ1) is 6.66. The van der Waals surface area contributed by atoms with Crippen molar-refractivity contribution in [3.8, 4) is 0 Å². The topological polar surface area (TPSA) is 60.7 Å². The van der Waals surface area contributed by atoms with Gasteiger partial charge in [-0.15, -0.1) is 0 Å². The van der Waals surface area contributed by atoms with E-state index in [1.54, 1.807) is 0 Å². The van der Waals surface area contributed by atoms with E-state index in [4.69, 9.17) is 5.11 Å². The van der Waals surface area contributed by atoms with Crippen LogP contribution in [0.5, 0.6) is 0 Å².